The monoisotopic (exact) mass is 440 g/mol. The fourth-order valence-corrected chi connectivity index (χ4v) is 3.83. The summed E-state index contributed by atoms with van der Waals surface area (Å²) in [6, 6.07) is 20.8. The normalized spacial score (nSPS) is 13.6. The van der Waals surface area contributed by atoms with E-state index in [0.29, 0.717) is 29.2 Å². The number of rotatable bonds is 7. The quantitative estimate of drug-likeness (QED) is 0.472. The molecule has 0 radical (unpaired) electrons. The maximum absolute atomic E-state index is 13.7. The first kappa shape index (κ1) is 22.3. The summed E-state index contributed by atoms with van der Waals surface area (Å²) in [6.45, 7) is 8.47. The van der Waals surface area contributed by atoms with Gasteiger partial charge in [-0.15, -0.1) is 0 Å². The van der Waals surface area contributed by atoms with Crippen molar-refractivity contribution in [3.63, 3.8) is 0 Å². The van der Waals surface area contributed by atoms with Crippen molar-refractivity contribution < 1.29 is 14.3 Å². The van der Waals surface area contributed by atoms with Crippen LogP contribution in [0.3, 0.4) is 0 Å². The maximum atomic E-state index is 13.7. The minimum absolute atomic E-state index is 0.267. The maximum Gasteiger partial charge on any atom is 0.282 e. The molecule has 0 spiro atoms. The van der Waals surface area contributed by atoms with Gasteiger partial charge in [-0.2, -0.15) is 0 Å². The van der Waals surface area contributed by atoms with Gasteiger partial charge in [0.2, 0.25) is 0 Å². The second-order valence-corrected chi connectivity index (χ2v) is 8.32. The lowest BCUT2D eigenvalue weighted by Crippen LogP contribution is -2.32. The highest BCUT2D eigenvalue weighted by Crippen LogP contribution is 2.38. The number of imide groups is 1. The van der Waals surface area contributed by atoms with Crippen LogP contribution < -0.4 is 15.0 Å². The Kier molecular flexibility index (Phi) is 6.31. The molecule has 0 aromatic heterocycles. The Morgan fingerprint density at radius 2 is 1.55 bits per heavy atom. The average molecular weight is 441 g/mol. The molecule has 4 rings (SSSR count). The zero-order chi connectivity index (χ0) is 23.5. The summed E-state index contributed by atoms with van der Waals surface area (Å²) in [7, 11) is 0. The molecule has 2 amide bonds. The third kappa shape index (κ3) is 4.40. The van der Waals surface area contributed by atoms with Gasteiger partial charge in [-0.1, -0.05) is 61.0 Å². The predicted molar refractivity (Wildman–Crippen MR) is 132 cm³/mol. The second-order valence-electron chi connectivity index (χ2n) is 8.32. The molecule has 3 aromatic rings. The number of hydrogen-bond donors (Lipinski definition) is 1. The number of nitrogens with one attached hydrogen (secondary N) is 1. The highest BCUT2D eigenvalue weighted by molar-refractivity contribution is 6.46. The third-order valence-electron chi connectivity index (χ3n) is 5.64. The van der Waals surface area contributed by atoms with Crippen LogP contribution in [0.2, 0.25) is 0 Å². The molecule has 1 N–H and O–H groups in total. The summed E-state index contributed by atoms with van der Waals surface area (Å²) in [5.74, 6) is -0.259. The molecule has 0 atom stereocenters. The van der Waals surface area contributed by atoms with Crippen LogP contribution in [0.4, 0.5) is 11.4 Å². The van der Waals surface area contributed by atoms with E-state index in [-0.39, 0.29) is 11.6 Å². The summed E-state index contributed by atoms with van der Waals surface area (Å²) in [5.41, 5.74) is 5.69. The van der Waals surface area contributed by atoms with Gasteiger partial charge < -0.3 is 10.1 Å². The predicted octanol–water partition coefficient (Wildman–Crippen LogP) is 5.80. The number of hydrogen-bond acceptors (Lipinski definition) is 4. The Hall–Kier alpha value is -3.86. The van der Waals surface area contributed by atoms with Gasteiger partial charge in [-0.25, -0.2) is 4.90 Å². The zero-order valence-corrected chi connectivity index (χ0v) is 19.4. The number of para-hydroxylation sites is 2. The molecule has 0 bridgehead atoms. The van der Waals surface area contributed by atoms with Gasteiger partial charge in [0, 0.05) is 5.69 Å². The first-order valence-electron chi connectivity index (χ1n) is 11.2. The third-order valence-corrected chi connectivity index (χ3v) is 5.64. The van der Waals surface area contributed by atoms with E-state index in [0.717, 1.165) is 28.8 Å². The highest BCUT2D eigenvalue weighted by atomic mass is 16.5. The molecule has 5 nitrogen and oxygen atoms in total. The lowest BCUT2D eigenvalue weighted by molar-refractivity contribution is -0.120. The molecular weight excluding hydrogens is 412 g/mol. The van der Waals surface area contributed by atoms with Crippen LogP contribution in [0.1, 0.15) is 35.6 Å². The standard InChI is InChI=1S/C28H28N2O3/c1-5-16-33-24-9-7-6-8-23(24)30-27(31)25(21-14-11-18(2)12-15-21)26(28(30)32)29-22-17-19(3)10-13-20(22)4/h6-15,17,29H,5,16H2,1-4H3. The molecule has 5 heteroatoms. The number of amides is 2. The number of carbonyl (C=O) groups excluding carboxylic acids is 2. The van der Waals surface area contributed by atoms with Crippen molar-refractivity contribution in [2.45, 2.75) is 34.1 Å². The molecule has 1 aliphatic heterocycles. The Morgan fingerprint density at radius 3 is 2.27 bits per heavy atom. The van der Waals surface area contributed by atoms with Gasteiger partial charge in [0.15, 0.2) is 0 Å². The topological polar surface area (TPSA) is 58.6 Å². The van der Waals surface area contributed by atoms with Crippen LogP contribution in [0, 0.1) is 20.8 Å². The van der Waals surface area contributed by atoms with Crippen molar-refractivity contribution in [3.8, 4) is 5.75 Å². The molecule has 1 heterocycles. The van der Waals surface area contributed by atoms with Crippen LogP contribution in [-0.4, -0.2) is 18.4 Å². The molecule has 0 aliphatic carbocycles. The van der Waals surface area contributed by atoms with Crippen molar-refractivity contribution >= 4 is 28.8 Å². The van der Waals surface area contributed by atoms with Gasteiger partial charge in [0.1, 0.15) is 11.4 Å². The minimum Gasteiger partial charge on any atom is -0.491 e. The van der Waals surface area contributed by atoms with Gasteiger partial charge in [0.05, 0.1) is 17.9 Å². The molecule has 3 aromatic carbocycles. The Bertz CT molecular complexity index is 1240. The van der Waals surface area contributed by atoms with E-state index in [1.54, 1.807) is 18.2 Å². The van der Waals surface area contributed by atoms with Gasteiger partial charge in [-0.3, -0.25) is 9.59 Å². The van der Waals surface area contributed by atoms with E-state index >= 15 is 0 Å². The molecule has 33 heavy (non-hydrogen) atoms. The lowest BCUT2D eigenvalue weighted by Gasteiger charge is -2.19. The van der Waals surface area contributed by atoms with Gasteiger partial charge in [0.25, 0.3) is 11.8 Å². The van der Waals surface area contributed by atoms with Crippen LogP contribution >= 0.6 is 0 Å². The minimum atomic E-state index is -0.399. The Morgan fingerprint density at radius 1 is 0.848 bits per heavy atom. The van der Waals surface area contributed by atoms with Crippen molar-refractivity contribution in [3.05, 3.63) is 94.7 Å². The number of benzene rings is 3. The van der Waals surface area contributed by atoms with Crippen molar-refractivity contribution in [1.82, 2.24) is 0 Å². The SMILES string of the molecule is CCCOc1ccccc1N1C(=O)C(Nc2cc(C)ccc2C)=C(c2ccc(C)cc2)C1=O. The summed E-state index contributed by atoms with van der Waals surface area (Å²) in [4.78, 5) is 28.7. The lowest BCUT2D eigenvalue weighted by atomic mass is 10.0. The first-order valence-corrected chi connectivity index (χ1v) is 11.2. The van der Waals surface area contributed by atoms with Crippen molar-refractivity contribution in [2.24, 2.45) is 0 Å². The molecular formula is C28H28N2O3. The van der Waals surface area contributed by atoms with E-state index in [4.69, 9.17) is 4.74 Å². The van der Waals surface area contributed by atoms with Gasteiger partial charge in [-0.05, 0) is 62.1 Å². The number of nitrogens with zero attached hydrogens (tertiary/aromatic N) is 1. The highest BCUT2D eigenvalue weighted by Gasteiger charge is 2.41. The Labute approximate surface area is 194 Å². The van der Waals surface area contributed by atoms with Crippen LogP contribution in [-0.2, 0) is 9.59 Å². The fourth-order valence-electron chi connectivity index (χ4n) is 3.83. The van der Waals surface area contributed by atoms with E-state index in [1.165, 1.54) is 4.90 Å². The van der Waals surface area contributed by atoms with Crippen LogP contribution in [0.25, 0.3) is 5.57 Å². The summed E-state index contributed by atoms with van der Waals surface area (Å²) < 4.78 is 5.86. The Balaban J connectivity index is 1.83. The molecule has 0 unspecified atom stereocenters. The number of aryl methyl sites for hydroxylation is 3. The average Bonchev–Trinajstić information content (AvgIpc) is 3.05. The second kappa shape index (κ2) is 9.33. The number of carbonyl (C=O) groups is 2. The summed E-state index contributed by atoms with van der Waals surface area (Å²) in [6.07, 6.45) is 0.822. The zero-order valence-electron chi connectivity index (χ0n) is 19.4. The van der Waals surface area contributed by atoms with E-state index in [9.17, 15) is 9.59 Å². The molecule has 0 saturated heterocycles. The summed E-state index contributed by atoms with van der Waals surface area (Å²) >= 11 is 0. The fraction of sp³-hybridized carbons (Fsp3) is 0.214. The largest absolute Gasteiger partial charge is 0.491 e. The van der Waals surface area contributed by atoms with Crippen LogP contribution in [0.5, 0.6) is 5.75 Å². The molecule has 0 saturated carbocycles. The van der Waals surface area contributed by atoms with E-state index < -0.39 is 5.91 Å². The van der Waals surface area contributed by atoms with Crippen molar-refractivity contribution in [1.29, 1.82) is 0 Å². The molecule has 1 aliphatic rings. The molecule has 0 fully saturated rings. The van der Waals surface area contributed by atoms with Crippen molar-refractivity contribution in [2.75, 3.05) is 16.8 Å². The van der Waals surface area contributed by atoms with Crippen LogP contribution in [0.15, 0.2) is 72.4 Å². The number of anilines is 2. The molecule has 168 valence electrons. The van der Waals surface area contributed by atoms with E-state index in [2.05, 4.69) is 5.32 Å². The summed E-state index contributed by atoms with van der Waals surface area (Å²) in [5, 5.41) is 3.28. The number of ether oxygens (including phenoxy) is 1. The van der Waals surface area contributed by atoms with E-state index in [1.807, 2.05) is 76.2 Å². The first-order chi connectivity index (χ1) is 15.9. The smallest absolute Gasteiger partial charge is 0.282 e. The van der Waals surface area contributed by atoms with Gasteiger partial charge >= 0.3 is 0 Å².